The minimum Gasteiger partial charge on any atom is -0.370 e. The molecular weight excluding hydrogens is 310 g/mol. The molecule has 0 fully saturated rings. The summed E-state index contributed by atoms with van der Waals surface area (Å²) in [5, 5.41) is 15.6. The van der Waals surface area contributed by atoms with E-state index in [0.717, 1.165) is 30.9 Å². The molecule has 0 saturated heterocycles. The molecule has 1 aromatic heterocycles. The van der Waals surface area contributed by atoms with Crippen molar-refractivity contribution in [3.63, 3.8) is 0 Å². The smallest absolute Gasteiger partial charge is 0.135 e. The highest BCUT2D eigenvalue weighted by atomic mass is 15.1. The van der Waals surface area contributed by atoms with Crippen molar-refractivity contribution in [1.82, 2.24) is 9.97 Å². The van der Waals surface area contributed by atoms with Crippen LogP contribution in [0, 0.1) is 11.3 Å². The second-order valence-electron chi connectivity index (χ2n) is 5.59. The van der Waals surface area contributed by atoms with Gasteiger partial charge in [-0.3, -0.25) is 0 Å². The molecule has 0 aliphatic rings. The van der Waals surface area contributed by atoms with E-state index in [1.54, 1.807) is 6.07 Å². The number of para-hydroxylation sites is 1. The van der Waals surface area contributed by atoms with Gasteiger partial charge in [-0.05, 0) is 30.5 Å². The third-order valence-corrected chi connectivity index (χ3v) is 3.77. The summed E-state index contributed by atoms with van der Waals surface area (Å²) in [5.41, 5.74) is 2.65. The first-order chi connectivity index (χ1) is 12.3. The fourth-order valence-electron chi connectivity index (χ4n) is 2.50. The maximum Gasteiger partial charge on any atom is 0.135 e. The van der Waals surface area contributed by atoms with Gasteiger partial charge in [0.25, 0.3) is 0 Å². The predicted molar refractivity (Wildman–Crippen MR) is 99.7 cm³/mol. The summed E-state index contributed by atoms with van der Waals surface area (Å²) in [4.78, 5) is 8.46. The van der Waals surface area contributed by atoms with Gasteiger partial charge in [0.2, 0.25) is 0 Å². The number of rotatable bonds is 7. The number of aryl methyl sites for hydroxylation is 1. The average Bonchev–Trinajstić information content (AvgIpc) is 2.67. The van der Waals surface area contributed by atoms with Crippen LogP contribution >= 0.6 is 0 Å². The number of hydrogen-bond donors (Lipinski definition) is 2. The van der Waals surface area contributed by atoms with Crippen molar-refractivity contribution in [2.45, 2.75) is 12.8 Å². The summed E-state index contributed by atoms with van der Waals surface area (Å²) in [7, 11) is 0. The number of benzene rings is 2. The van der Waals surface area contributed by atoms with E-state index in [1.165, 1.54) is 11.9 Å². The molecule has 5 heteroatoms. The van der Waals surface area contributed by atoms with Crippen molar-refractivity contribution < 1.29 is 0 Å². The Bertz CT molecular complexity index is 855. The average molecular weight is 329 g/mol. The van der Waals surface area contributed by atoms with Crippen molar-refractivity contribution in [1.29, 1.82) is 5.26 Å². The highest BCUT2D eigenvalue weighted by Crippen LogP contribution is 2.19. The Hall–Kier alpha value is -3.39. The lowest BCUT2D eigenvalue weighted by molar-refractivity contribution is 0.858. The summed E-state index contributed by atoms with van der Waals surface area (Å²) in [5.74, 6) is 1.42. The van der Waals surface area contributed by atoms with E-state index in [4.69, 9.17) is 5.26 Å². The molecule has 5 nitrogen and oxygen atoms in total. The maximum absolute atomic E-state index is 9.15. The van der Waals surface area contributed by atoms with E-state index in [1.807, 2.05) is 30.3 Å². The fourth-order valence-corrected chi connectivity index (χ4v) is 2.50. The van der Waals surface area contributed by atoms with Crippen LogP contribution in [0.5, 0.6) is 0 Å². The molecule has 25 heavy (non-hydrogen) atoms. The molecule has 0 spiro atoms. The van der Waals surface area contributed by atoms with Crippen LogP contribution in [-0.2, 0) is 6.42 Å². The number of nitrogens with zero attached hydrogens (tertiary/aromatic N) is 3. The minimum absolute atomic E-state index is 0.582. The third-order valence-electron chi connectivity index (χ3n) is 3.77. The van der Waals surface area contributed by atoms with E-state index in [-0.39, 0.29) is 0 Å². The van der Waals surface area contributed by atoms with Gasteiger partial charge in [-0.25, -0.2) is 9.97 Å². The Kier molecular flexibility index (Phi) is 5.57. The maximum atomic E-state index is 9.15. The first kappa shape index (κ1) is 16.5. The molecule has 2 aromatic carbocycles. The monoisotopic (exact) mass is 329 g/mol. The molecule has 0 saturated carbocycles. The second kappa shape index (κ2) is 8.46. The summed E-state index contributed by atoms with van der Waals surface area (Å²) in [6.45, 7) is 0.833. The van der Waals surface area contributed by atoms with Gasteiger partial charge in [-0.2, -0.15) is 5.26 Å². The molecule has 1 heterocycles. The Morgan fingerprint density at radius 3 is 2.52 bits per heavy atom. The molecule has 0 bridgehead atoms. The molecule has 0 amide bonds. The third kappa shape index (κ3) is 4.79. The van der Waals surface area contributed by atoms with Crippen LogP contribution in [0.1, 0.15) is 17.5 Å². The van der Waals surface area contributed by atoms with Crippen LogP contribution < -0.4 is 10.6 Å². The summed E-state index contributed by atoms with van der Waals surface area (Å²) >= 11 is 0. The van der Waals surface area contributed by atoms with Gasteiger partial charge >= 0.3 is 0 Å². The second-order valence-corrected chi connectivity index (χ2v) is 5.59. The van der Waals surface area contributed by atoms with Crippen LogP contribution in [0.3, 0.4) is 0 Å². The van der Waals surface area contributed by atoms with E-state index >= 15 is 0 Å². The number of anilines is 3. The minimum atomic E-state index is 0.582. The van der Waals surface area contributed by atoms with Gasteiger partial charge in [0.15, 0.2) is 0 Å². The van der Waals surface area contributed by atoms with Crippen molar-refractivity contribution in [2.24, 2.45) is 0 Å². The number of nitriles is 1. The Balaban J connectivity index is 1.55. The lowest BCUT2D eigenvalue weighted by Crippen LogP contribution is -2.06. The van der Waals surface area contributed by atoms with E-state index in [0.29, 0.717) is 11.4 Å². The van der Waals surface area contributed by atoms with E-state index in [9.17, 15) is 0 Å². The van der Waals surface area contributed by atoms with E-state index in [2.05, 4.69) is 50.9 Å². The molecule has 3 rings (SSSR count). The van der Waals surface area contributed by atoms with Crippen LogP contribution in [0.2, 0.25) is 0 Å². The van der Waals surface area contributed by atoms with Gasteiger partial charge in [0.05, 0.1) is 11.3 Å². The molecule has 0 aliphatic carbocycles. The van der Waals surface area contributed by atoms with Crippen molar-refractivity contribution >= 4 is 17.3 Å². The first-order valence-corrected chi connectivity index (χ1v) is 8.21. The van der Waals surface area contributed by atoms with Crippen molar-refractivity contribution in [2.75, 3.05) is 17.2 Å². The van der Waals surface area contributed by atoms with Crippen LogP contribution in [0.25, 0.3) is 0 Å². The van der Waals surface area contributed by atoms with E-state index < -0.39 is 0 Å². The van der Waals surface area contributed by atoms with Gasteiger partial charge in [0, 0.05) is 12.6 Å². The molecule has 0 aliphatic heterocycles. The Morgan fingerprint density at radius 2 is 1.68 bits per heavy atom. The molecule has 0 unspecified atom stereocenters. The number of nitrogens with one attached hydrogen (secondary N) is 2. The largest absolute Gasteiger partial charge is 0.370 e. The number of hydrogen-bond acceptors (Lipinski definition) is 5. The quantitative estimate of drug-likeness (QED) is 0.637. The molecule has 2 N–H and O–H groups in total. The van der Waals surface area contributed by atoms with Crippen molar-refractivity contribution in [3.05, 3.63) is 78.1 Å². The summed E-state index contributed by atoms with van der Waals surface area (Å²) < 4.78 is 0. The Morgan fingerprint density at radius 1 is 0.920 bits per heavy atom. The highest BCUT2D eigenvalue weighted by Gasteiger charge is 2.03. The zero-order valence-electron chi connectivity index (χ0n) is 13.8. The lowest BCUT2D eigenvalue weighted by atomic mass is 10.1. The Labute approximate surface area is 147 Å². The number of aromatic nitrogens is 2. The topological polar surface area (TPSA) is 73.6 Å². The highest BCUT2D eigenvalue weighted by molar-refractivity contribution is 5.65. The molecule has 0 atom stereocenters. The normalized spacial score (nSPS) is 10.0. The van der Waals surface area contributed by atoms with Gasteiger partial charge in [-0.1, -0.05) is 42.5 Å². The first-order valence-electron chi connectivity index (χ1n) is 8.21. The zero-order valence-corrected chi connectivity index (χ0v) is 13.8. The predicted octanol–water partition coefficient (Wildman–Crippen LogP) is 4.14. The van der Waals surface area contributed by atoms with Gasteiger partial charge < -0.3 is 10.6 Å². The fraction of sp³-hybridized carbons (Fsp3) is 0.150. The molecular formula is C20H19N5. The van der Waals surface area contributed by atoms with Crippen LogP contribution in [-0.4, -0.2) is 16.5 Å². The van der Waals surface area contributed by atoms with Crippen LogP contribution in [0.15, 0.2) is 67.0 Å². The van der Waals surface area contributed by atoms with Gasteiger partial charge in [0.1, 0.15) is 24.0 Å². The summed E-state index contributed by atoms with van der Waals surface area (Å²) in [6, 6.07) is 21.8. The zero-order chi connectivity index (χ0) is 17.3. The molecule has 0 radical (unpaired) electrons. The summed E-state index contributed by atoms with van der Waals surface area (Å²) in [6.07, 6.45) is 3.56. The standard InChI is InChI=1S/C20H19N5/c21-14-17-10-4-5-11-18(17)25-20-13-19(23-15-24-20)22-12-6-9-16-7-2-1-3-8-16/h1-5,7-8,10-11,13,15H,6,9,12H2,(H2,22,23,24,25). The molecule has 124 valence electrons. The molecule has 3 aromatic rings. The van der Waals surface area contributed by atoms with Crippen LogP contribution in [0.4, 0.5) is 17.3 Å². The van der Waals surface area contributed by atoms with Crippen molar-refractivity contribution in [3.8, 4) is 6.07 Å². The van der Waals surface area contributed by atoms with Gasteiger partial charge in [-0.15, -0.1) is 0 Å². The lowest BCUT2D eigenvalue weighted by Gasteiger charge is -2.09. The SMILES string of the molecule is N#Cc1ccccc1Nc1cc(NCCCc2ccccc2)ncn1.